The minimum Gasteiger partial charge on any atom is -0.494 e. The van der Waals surface area contributed by atoms with Crippen LogP contribution in [0.25, 0.3) is 17.3 Å². The van der Waals surface area contributed by atoms with Crippen molar-refractivity contribution in [3.63, 3.8) is 0 Å². The van der Waals surface area contributed by atoms with Crippen molar-refractivity contribution in [2.24, 2.45) is 0 Å². The molecule has 1 aromatic carbocycles. The molecule has 5 rings (SSSR count). The second kappa shape index (κ2) is 12.5. The summed E-state index contributed by atoms with van der Waals surface area (Å²) >= 11 is 6.21. The van der Waals surface area contributed by atoms with Gasteiger partial charge in [-0.3, -0.25) is 14.3 Å². The Morgan fingerprint density at radius 2 is 1.93 bits per heavy atom. The molecule has 41 heavy (non-hydrogen) atoms. The number of hydrogen-bond donors (Lipinski definition) is 2. The van der Waals surface area contributed by atoms with E-state index in [-0.39, 0.29) is 30.1 Å². The van der Waals surface area contributed by atoms with Gasteiger partial charge in [0, 0.05) is 37.9 Å². The van der Waals surface area contributed by atoms with Gasteiger partial charge in [-0.1, -0.05) is 17.7 Å². The van der Waals surface area contributed by atoms with Crippen LogP contribution in [0.2, 0.25) is 5.02 Å². The summed E-state index contributed by atoms with van der Waals surface area (Å²) in [5.74, 6) is 1.14. The Balaban J connectivity index is 1.40. The zero-order valence-corrected chi connectivity index (χ0v) is 24.2. The minimum absolute atomic E-state index is 0.0592. The molecule has 14 heteroatoms. The number of aryl methyl sites for hydroxylation is 1. The number of para-hydroxylation sites is 1. The highest BCUT2D eigenvalue weighted by Crippen LogP contribution is 2.37. The maximum Gasteiger partial charge on any atom is 0.243 e. The number of β-amino-alcohol motifs (C(OH)–C–C–N with tert-alkyl or cyclic N) is 1. The van der Waals surface area contributed by atoms with Crippen LogP contribution in [0.15, 0.2) is 53.3 Å². The van der Waals surface area contributed by atoms with E-state index in [1.807, 2.05) is 6.07 Å². The first-order chi connectivity index (χ1) is 19.8. The van der Waals surface area contributed by atoms with E-state index in [0.29, 0.717) is 46.6 Å². The summed E-state index contributed by atoms with van der Waals surface area (Å²) in [6.45, 7) is 2.16. The molecular formula is C27H31ClN6O6S. The number of furan rings is 1. The third-order valence-corrected chi connectivity index (χ3v) is 8.30. The van der Waals surface area contributed by atoms with Crippen LogP contribution in [0.4, 0.5) is 5.95 Å². The lowest BCUT2D eigenvalue weighted by molar-refractivity contribution is 0.177. The highest BCUT2D eigenvalue weighted by Gasteiger charge is 2.26. The fraction of sp³-hybridized carbons (Fsp3) is 0.370. The molecule has 218 valence electrons. The highest BCUT2D eigenvalue weighted by atomic mass is 35.5. The van der Waals surface area contributed by atoms with E-state index in [0.717, 1.165) is 25.1 Å². The Morgan fingerprint density at radius 3 is 2.59 bits per heavy atom. The molecule has 12 nitrogen and oxygen atoms in total. The number of rotatable bonds is 12. The standard InChI is InChI=1S/C27H31ClN6O6S/c1-38-22-5-3-6-23(39-2)25(22)34-26(24-7-4-13-40-24)30-31-27(34)32-41(36,37)14-10-21-18(15-19(28)16-29-21)8-11-33-12-9-20(35)17-33/h3-7,13,15-16,20,35H,8-12,14,17H2,1-2H3,(H,31,32)/t20-/m0/s1. The maximum atomic E-state index is 13.4. The number of nitrogens with one attached hydrogen (secondary N) is 1. The van der Waals surface area contributed by atoms with E-state index in [9.17, 15) is 13.5 Å². The monoisotopic (exact) mass is 602 g/mol. The van der Waals surface area contributed by atoms with Crippen molar-refractivity contribution in [1.82, 2.24) is 24.6 Å². The number of ether oxygens (including phenoxy) is 2. The van der Waals surface area contributed by atoms with E-state index in [4.69, 9.17) is 25.5 Å². The summed E-state index contributed by atoms with van der Waals surface area (Å²) in [4.78, 5) is 6.60. The van der Waals surface area contributed by atoms with Gasteiger partial charge in [0.05, 0.1) is 37.4 Å². The van der Waals surface area contributed by atoms with Crippen LogP contribution >= 0.6 is 11.6 Å². The van der Waals surface area contributed by atoms with Gasteiger partial charge in [0.1, 0.15) is 17.2 Å². The summed E-state index contributed by atoms with van der Waals surface area (Å²) < 4.78 is 47.5. The van der Waals surface area contributed by atoms with Gasteiger partial charge in [-0.15, -0.1) is 10.2 Å². The molecule has 0 radical (unpaired) electrons. The summed E-state index contributed by atoms with van der Waals surface area (Å²) in [5, 5.41) is 18.7. The Bertz CT molecular complexity index is 1570. The number of aromatic nitrogens is 4. The van der Waals surface area contributed by atoms with Gasteiger partial charge in [0.2, 0.25) is 21.8 Å². The summed E-state index contributed by atoms with van der Waals surface area (Å²) in [6.07, 6.45) is 4.23. The highest BCUT2D eigenvalue weighted by molar-refractivity contribution is 7.92. The second-order valence-electron chi connectivity index (χ2n) is 9.59. The number of benzene rings is 1. The van der Waals surface area contributed by atoms with Crippen molar-refractivity contribution < 1.29 is 27.4 Å². The number of likely N-dealkylation sites (tertiary alicyclic amines) is 1. The van der Waals surface area contributed by atoms with Gasteiger partial charge in [0.25, 0.3) is 0 Å². The summed E-state index contributed by atoms with van der Waals surface area (Å²) in [6, 6.07) is 10.4. The maximum absolute atomic E-state index is 13.4. The fourth-order valence-corrected chi connectivity index (χ4v) is 6.00. The number of aliphatic hydroxyl groups is 1. The molecule has 2 N–H and O–H groups in total. The van der Waals surface area contributed by atoms with Gasteiger partial charge in [-0.2, -0.15) is 0 Å². The molecule has 1 saturated heterocycles. The average molecular weight is 603 g/mol. The SMILES string of the molecule is COc1cccc(OC)c1-n1c(NS(=O)(=O)CCc2ncc(Cl)cc2CCN2CC[C@H](O)C2)nnc1-c1ccco1. The number of halogens is 1. The van der Waals surface area contributed by atoms with Gasteiger partial charge in [0.15, 0.2) is 5.76 Å². The first-order valence-corrected chi connectivity index (χ1v) is 15.1. The Hall–Kier alpha value is -3.65. The van der Waals surface area contributed by atoms with Crippen molar-refractivity contribution in [2.75, 3.05) is 44.3 Å². The third kappa shape index (κ3) is 6.64. The van der Waals surface area contributed by atoms with Crippen LogP contribution in [0.1, 0.15) is 17.7 Å². The van der Waals surface area contributed by atoms with Crippen LogP contribution in [0.3, 0.4) is 0 Å². The lowest BCUT2D eigenvalue weighted by atomic mass is 10.1. The predicted octanol–water partition coefficient (Wildman–Crippen LogP) is 3.19. The van der Waals surface area contributed by atoms with Gasteiger partial charge in [-0.05, 0) is 48.7 Å². The zero-order chi connectivity index (χ0) is 29.0. The average Bonchev–Trinajstić information content (AvgIpc) is 3.72. The van der Waals surface area contributed by atoms with Gasteiger partial charge < -0.3 is 23.9 Å². The van der Waals surface area contributed by atoms with Crippen molar-refractivity contribution in [1.29, 1.82) is 0 Å². The summed E-state index contributed by atoms with van der Waals surface area (Å²) in [7, 11) is -0.922. The molecule has 0 unspecified atom stereocenters. The molecule has 4 aromatic rings. The molecule has 3 aromatic heterocycles. The molecule has 1 atom stereocenters. The quantitative estimate of drug-likeness (QED) is 0.248. The Morgan fingerprint density at radius 1 is 1.15 bits per heavy atom. The number of nitrogens with zero attached hydrogens (tertiary/aromatic N) is 5. The van der Waals surface area contributed by atoms with E-state index < -0.39 is 10.0 Å². The van der Waals surface area contributed by atoms with E-state index in [2.05, 4.69) is 24.8 Å². The molecule has 0 bridgehead atoms. The molecule has 1 aliphatic rings. The van der Waals surface area contributed by atoms with Crippen molar-refractivity contribution in [2.45, 2.75) is 25.4 Å². The van der Waals surface area contributed by atoms with Crippen molar-refractivity contribution >= 4 is 27.6 Å². The molecule has 0 saturated carbocycles. The number of anilines is 1. The van der Waals surface area contributed by atoms with Crippen LogP contribution in [-0.4, -0.2) is 83.9 Å². The van der Waals surface area contributed by atoms with E-state index >= 15 is 0 Å². The molecule has 1 aliphatic heterocycles. The summed E-state index contributed by atoms with van der Waals surface area (Å²) in [5.41, 5.74) is 1.92. The second-order valence-corrected chi connectivity index (χ2v) is 11.9. The lowest BCUT2D eigenvalue weighted by Gasteiger charge is -2.17. The van der Waals surface area contributed by atoms with Crippen molar-refractivity contribution in [3.05, 3.63) is 65.1 Å². The van der Waals surface area contributed by atoms with Crippen LogP contribution in [0, 0.1) is 0 Å². The number of aliphatic hydroxyl groups excluding tert-OH is 1. The molecule has 1 fully saturated rings. The minimum atomic E-state index is -3.92. The number of hydrogen-bond acceptors (Lipinski definition) is 10. The van der Waals surface area contributed by atoms with Gasteiger partial charge in [-0.25, -0.2) is 8.42 Å². The number of sulfonamides is 1. The van der Waals surface area contributed by atoms with Crippen molar-refractivity contribution in [3.8, 4) is 28.8 Å². The normalized spacial score (nSPS) is 15.8. The first kappa shape index (κ1) is 28.9. The Labute approximate surface area is 242 Å². The number of pyridine rings is 1. The van der Waals surface area contributed by atoms with Gasteiger partial charge >= 0.3 is 0 Å². The van der Waals surface area contributed by atoms with Crippen LogP contribution in [-0.2, 0) is 22.9 Å². The lowest BCUT2D eigenvalue weighted by Crippen LogP contribution is -2.25. The third-order valence-electron chi connectivity index (χ3n) is 6.86. The zero-order valence-electron chi connectivity index (χ0n) is 22.7. The Kier molecular flexibility index (Phi) is 8.78. The van der Waals surface area contributed by atoms with Crippen LogP contribution in [0.5, 0.6) is 11.5 Å². The van der Waals surface area contributed by atoms with Crippen LogP contribution < -0.4 is 14.2 Å². The van der Waals surface area contributed by atoms with E-state index in [1.165, 1.54) is 31.2 Å². The topological polar surface area (TPSA) is 145 Å². The molecular weight excluding hydrogens is 572 g/mol. The smallest absolute Gasteiger partial charge is 0.243 e. The molecule has 4 heterocycles. The fourth-order valence-electron chi connectivity index (χ4n) is 4.85. The van der Waals surface area contributed by atoms with E-state index in [1.54, 1.807) is 30.3 Å². The predicted molar refractivity (Wildman–Crippen MR) is 153 cm³/mol. The molecule has 0 spiro atoms. The molecule has 0 amide bonds. The first-order valence-electron chi connectivity index (χ1n) is 13.0. The molecule has 0 aliphatic carbocycles. The largest absolute Gasteiger partial charge is 0.494 e. The number of methoxy groups -OCH3 is 2.